The van der Waals surface area contributed by atoms with Crippen LogP contribution in [0.4, 0.5) is 0 Å². The Balaban J connectivity index is 2.08. The zero-order valence-electron chi connectivity index (χ0n) is 7.68. The van der Waals surface area contributed by atoms with Crippen molar-refractivity contribution >= 4 is 0 Å². The van der Waals surface area contributed by atoms with Gasteiger partial charge in [-0.15, -0.1) is 0 Å². The van der Waals surface area contributed by atoms with Gasteiger partial charge in [0.25, 0.3) is 0 Å². The second-order valence-corrected chi connectivity index (χ2v) is 4.46. The van der Waals surface area contributed by atoms with Crippen molar-refractivity contribution in [3.8, 4) is 6.07 Å². The van der Waals surface area contributed by atoms with Crippen LogP contribution in [-0.2, 0) is 0 Å². The molecule has 0 aromatic heterocycles. The number of hydrogen-bond donors (Lipinski definition) is 0. The number of nitrogens with zero attached hydrogens (tertiary/aromatic N) is 1. The zero-order chi connectivity index (χ0) is 8.44. The lowest BCUT2D eigenvalue weighted by molar-refractivity contribution is 0.292. The molecule has 12 heavy (non-hydrogen) atoms. The van der Waals surface area contributed by atoms with Gasteiger partial charge in [-0.2, -0.15) is 5.26 Å². The third-order valence-electron chi connectivity index (χ3n) is 3.58. The van der Waals surface area contributed by atoms with E-state index in [-0.39, 0.29) is 5.41 Å². The van der Waals surface area contributed by atoms with Gasteiger partial charge in [0.2, 0.25) is 0 Å². The van der Waals surface area contributed by atoms with E-state index >= 15 is 0 Å². The predicted octanol–water partition coefficient (Wildman–Crippen LogP) is 3.26. The Morgan fingerprint density at radius 2 is 1.58 bits per heavy atom. The summed E-state index contributed by atoms with van der Waals surface area (Å²) in [6, 6.07) is 2.62. The zero-order valence-corrected chi connectivity index (χ0v) is 7.68. The molecule has 0 aromatic rings. The van der Waals surface area contributed by atoms with E-state index in [0.717, 1.165) is 5.92 Å². The van der Waals surface area contributed by atoms with E-state index in [0.29, 0.717) is 0 Å². The van der Waals surface area contributed by atoms with E-state index in [1.165, 1.54) is 51.4 Å². The summed E-state index contributed by atoms with van der Waals surface area (Å²) in [6.07, 6.45) is 10.3. The highest BCUT2D eigenvalue weighted by Crippen LogP contribution is 2.52. The molecule has 2 saturated carbocycles. The van der Waals surface area contributed by atoms with Gasteiger partial charge in [-0.05, 0) is 31.6 Å². The Bertz CT molecular complexity index is 190. The molecule has 2 aliphatic carbocycles. The lowest BCUT2D eigenvalue weighted by Crippen LogP contribution is -2.19. The van der Waals surface area contributed by atoms with Crippen LogP contribution in [0.5, 0.6) is 0 Å². The van der Waals surface area contributed by atoms with Crippen molar-refractivity contribution in [2.45, 2.75) is 51.4 Å². The van der Waals surface area contributed by atoms with E-state index in [4.69, 9.17) is 0 Å². The van der Waals surface area contributed by atoms with Crippen LogP contribution < -0.4 is 0 Å². The standard InChI is InChI=1S/C11H17N/c12-9-11(10-5-6-10)7-3-1-2-4-8-11/h10H,1-8H2. The maximum Gasteiger partial charge on any atom is 0.0692 e. The molecule has 0 spiro atoms. The van der Waals surface area contributed by atoms with Crippen LogP contribution in [0.15, 0.2) is 0 Å². The molecule has 2 rings (SSSR count). The van der Waals surface area contributed by atoms with Crippen molar-refractivity contribution < 1.29 is 0 Å². The topological polar surface area (TPSA) is 23.8 Å². The van der Waals surface area contributed by atoms with E-state index in [1.54, 1.807) is 0 Å². The minimum atomic E-state index is 0.122. The Morgan fingerprint density at radius 3 is 2.00 bits per heavy atom. The molecule has 0 aromatic carbocycles. The average Bonchev–Trinajstić information content (AvgIpc) is 2.92. The Hall–Kier alpha value is -0.510. The largest absolute Gasteiger partial charge is 0.198 e. The molecule has 0 bridgehead atoms. The van der Waals surface area contributed by atoms with Gasteiger partial charge < -0.3 is 0 Å². The maximum absolute atomic E-state index is 9.23. The molecule has 0 N–H and O–H groups in total. The number of rotatable bonds is 1. The van der Waals surface area contributed by atoms with Crippen LogP contribution >= 0.6 is 0 Å². The van der Waals surface area contributed by atoms with Crippen molar-refractivity contribution in [2.24, 2.45) is 11.3 Å². The fraction of sp³-hybridized carbons (Fsp3) is 0.909. The summed E-state index contributed by atoms with van der Waals surface area (Å²) >= 11 is 0. The van der Waals surface area contributed by atoms with Crippen molar-refractivity contribution in [3.63, 3.8) is 0 Å². The van der Waals surface area contributed by atoms with E-state index < -0.39 is 0 Å². The first-order valence-corrected chi connectivity index (χ1v) is 5.29. The first-order valence-electron chi connectivity index (χ1n) is 5.29. The summed E-state index contributed by atoms with van der Waals surface area (Å²) in [4.78, 5) is 0. The first kappa shape index (κ1) is 8.10. The van der Waals surface area contributed by atoms with Crippen molar-refractivity contribution in [2.75, 3.05) is 0 Å². The molecule has 0 atom stereocenters. The number of hydrogen-bond acceptors (Lipinski definition) is 1. The molecule has 0 heterocycles. The van der Waals surface area contributed by atoms with Crippen molar-refractivity contribution in [1.82, 2.24) is 0 Å². The fourth-order valence-electron chi connectivity index (χ4n) is 2.61. The molecule has 0 saturated heterocycles. The quantitative estimate of drug-likeness (QED) is 0.544. The molecule has 2 fully saturated rings. The van der Waals surface area contributed by atoms with Crippen molar-refractivity contribution in [1.29, 1.82) is 5.26 Å². The third kappa shape index (κ3) is 1.35. The third-order valence-corrected chi connectivity index (χ3v) is 3.58. The molecule has 0 amide bonds. The molecule has 2 aliphatic rings. The number of nitriles is 1. The van der Waals surface area contributed by atoms with Gasteiger partial charge in [-0.25, -0.2) is 0 Å². The molecular formula is C11H17N. The summed E-state index contributed by atoms with van der Waals surface area (Å²) in [5.41, 5.74) is 0.122. The van der Waals surface area contributed by atoms with Gasteiger partial charge >= 0.3 is 0 Å². The van der Waals surface area contributed by atoms with Gasteiger partial charge in [0, 0.05) is 0 Å². The second kappa shape index (κ2) is 3.09. The minimum absolute atomic E-state index is 0.122. The van der Waals surface area contributed by atoms with Crippen LogP contribution in [0.25, 0.3) is 0 Å². The maximum atomic E-state index is 9.23. The highest BCUT2D eigenvalue weighted by molar-refractivity contribution is 5.07. The first-order chi connectivity index (χ1) is 5.87. The van der Waals surface area contributed by atoms with Crippen LogP contribution in [0.1, 0.15) is 51.4 Å². The molecule has 0 aliphatic heterocycles. The van der Waals surface area contributed by atoms with Gasteiger partial charge in [-0.1, -0.05) is 25.7 Å². The summed E-state index contributed by atoms with van der Waals surface area (Å²) in [5.74, 6) is 0.778. The second-order valence-electron chi connectivity index (χ2n) is 4.46. The summed E-state index contributed by atoms with van der Waals surface area (Å²) in [7, 11) is 0. The Labute approximate surface area is 74.8 Å². The van der Waals surface area contributed by atoms with Crippen LogP contribution in [-0.4, -0.2) is 0 Å². The fourth-order valence-corrected chi connectivity index (χ4v) is 2.61. The van der Waals surface area contributed by atoms with Crippen LogP contribution in [0.3, 0.4) is 0 Å². The van der Waals surface area contributed by atoms with Gasteiger partial charge in [0.1, 0.15) is 0 Å². The molecule has 1 nitrogen and oxygen atoms in total. The summed E-state index contributed by atoms with van der Waals surface area (Å²) < 4.78 is 0. The highest BCUT2D eigenvalue weighted by Gasteiger charge is 2.45. The smallest absolute Gasteiger partial charge is 0.0692 e. The molecular weight excluding hydrogens is 146 g/mol. The SMILES string of the molecule is N#CC1(C2CC2)CCCCCC1. The monoisotopic (exact) mass is 163 g/mol. The van der Waals surface area contributed by atoms with E-state index in [1.807, 2.05) is 0 Å². The molecule has 0 radical (unpaired) electrons. The van der Waals surface area contributed by atoms with Crippen LogP contribution in [0.2, 0.25) is 0 Å². The van der Waals surface area contributed by atoms with Crippen molar-refractivity contribution in [3.05, 3.63) is 0 Å². The average molecular weight is 163 g/mol. The summed E-state index contributed by atoms with van der Waals surface area (Å²) in [5, 5.41) is 9.23. The summed E-state index contributed by atoms with van der Waals surface area (Å²) in [6.45, 7) is 0. The minimum Gasteiger partial charge on any atom is -0.198 e. The lowest BCUT2D eigenvalue weighted by Gasteiger charge is -2.24. The highest BCUT2D eigenvalue weighted by atomic mass is 14.5. The molecule has 66 valence electrons. The van der Waals surface area contributed by atoms with E-state index in [9.17, 15) is 5.26 Å². The lowest BCUT2D eigenvalue weighted by atomic mass is 9.77. The predicted molar refractivity (Wildman–Crippen MR) is 48.5 cm³/mol. The van der Waals surface area contributed by atoms with Gasteiger partial charge in [-0.3, -0.25) is 0 Å². The molecule has 0 unspecified atom stereocenters. The van der Waals surface area contributed by atoms with Gasteiger partial charge in [0.05, 0.1) is 11.5 Å². The van der Waals surface area contributed by atoms with E-state index in [2.05, 4.69) is 6.07 Å². The van der Waals surface area contributed by atoms with Gasteiger partial charge in [0.15, 0.2) is 0 Å². The Kier molecular flexibility index (Phi) is 2.09. The molecule has 1 heteroatoms. The van der Waals surface area contributed by atoms with Crippen LogP contribution in [0, 0.1) is 22.7 Å². The normalized spacial score (nSPS) is 28.9. The Morgan fingerprint density at radius 1 is 1.00 bits per heavy atom.